The largest absolute Gasteiger partial charge is 0.328 e. The van der Waals surface area contributed by atoms with Gasteiger partial charge in [0, 0.05) is 23.3 Å². The van der Waals surface area contributed by atoms with Crippen LogP contribution in [0.2, 0.25) is 0 Å². The van der Waals surface area contributed by atoms with Gasteiger partial charge in [-0.15, -0.1) is 0 Å². The van der Waals surface area contributed by atoms with E-state index in [4.69, 9.17) is 5.73 Å². The van der Waals surface area contributed by atoms with Crippen LogP contribution in [0, 0.1) is 6.92 Å². The Labute approximate surface area is 84.8 Å². The number of aryl methyl sites for hydroxylation is 2. The molecule has 0 radical (unpaired) electrons. The Bertz CT molecular complexity index is 329. The average Bonchev–Trinajstić information content (AvgIpc) is 2.12. The van der Waals surface area contributed by atoms with E-state index in [1.54, 1.807) is 0 Å². The molecule has 1 aromatic heterocycles. The molecule has 0 spiro atoms. The molecule has 1 aromatic rings. The van der Waals surface area contributed by atoms with E-state index in [-0.39, 0.29) is 0 Å². The van der Waals surface area contributed by atoms with E-state index in [2.05, 4.69) is 23.0 Å². The predicted octanol–water partition coefficient (Wildman–Crippen LogP) is 1.55. The molecule has 0 aliphatic heterocycles. The Morgan fingerprint density at radius 3 is 2.71 bits per heavy atom. The van der Waals surface area contributed by atoms with Gasteiger partial charge < -0.3 is 5.73 Å². The minimum Gasteiger partial charge on any atom is -0.328 e. The zero-order valence-electron chi connectivity index (χ0n) is 8.83. The van der Waals surface area contributed by atoms with Crippen LogP contribution >= 0.6 is 0 Å². The molecule has 2 rings (SSSR count). The summed E-state index contributed by atoms with van der Waals surface area (Å²) in [5.41, 5.74) is 7.98. The second-order valence-corrected chi connectivity index (χ2v) is 4.14. The Balaban J connectivity index is 2.21. The van der Waals surface area contributed by atoms with Crippen molar-refractivity contribution in [1.29, 1.82) is 0 Å². The maximum absolute atomic E-state index is 5.76. The normalized spacial score (nSPS) is 25.9. The topological polar surface area (TPSA) is 51.8 Å². The van der Waals surface area contributed by atoms with Gasteiger partial charge >= 0.3 is 0 Å². The number of rotatable bonds is 2. The summed E-state index contributed by atoms with van der Waals surface area (Å²) in [5.74, 6) is 1.51. The SMILES string of the molecule is CCc1cc(C)nc(C2CC(N)C2)n1. The van der Waals surface area contributed by atoms with E-state index >= 15 is 0 Å². The molecule has 0 saturated heterocycles. The first-order valence-electron chi connectivity index (χ1n) is 5.29. The van der Waals surface area contributed by atoms with Gasteiger partial charge in [0.2, 0.25) is 0 Å². The maximum Gasteiger partial charge on any atom is 0.132 e. The first-order chi connectivity index (χ1) is 6.69. The third-order valence-electron chi connectivity index (χ3n) is 2.83. The van der Waals surface area contributed by atoms with Gasteiger partial charge in [-0.3, -0.25) is 0 Å². The van der Waals surface area contributed by atoms with Crippen LogP contribution in [0.25, 0.3) is 0 Å². The fourth-order valence-electron chi connectivity index (χ4n) is 1.89. The molecule has 2 N–H and O–H groups in total. The molecule has 0 amide bonds. The summed E-state index contributed by atoms with van der Waals surface area (Å²) in [6.45, 7) is 4.15. The summed E-state index contributed by atoms with van der Waals surface area (Å²) in [6.07, 6.45) is 3.08. The zero-order valence-corrected chi connectivity index (χ0v) is 8.83. The van der Waals surface area contributed by atoms with Gasteiger partial charge in [-0.05, 0) is 32.3 Å². The third-order valence-corrected chi connectivity index (χ3v) is 2.83. The lowest BCUT2D eigenvalue weighted by molar-refractivity contribution is 0.337. The summed E-state index contributed by atoms with van der Waals surface area (Å²) in [7, 11) is 0. The van der Waals surface area contributed by atoms with Crippen LogP contribution in [0.1, 0.15) is 42.9 Å². The molecule has 1 fully saturated rings. The van der Waals surface area contributed by atoms with E-state index in [0.29, 0.717) is 12.0 Å². The molecule has 76 valence electrons. The van der Waals surface area contributed by atoms with Crippen molar-refractivity contribution in [3.63, 3.8) is 0 Å². The molecule has 0 aromatic carbocycles. The van der Waals surface area contributed by atoms with Crippen LogP contribution in [0.4, 0.5) is 0 Å². The van der Waals surface area contributed by atoms with Crippen LogP contribution in [0.15, 0.2) is 6.07 Å². The summed E-state index contributed by atoms with van der Waals surface area (Å²) in [6, 6.07) is 2.43. The van der Waals surface area contributed by atoms with E-state index in [1.165, 1.54) is 0 Å². The van der Waals surface area contributed by atoms with Gasteiger partial charge in [-0.25, -0.2) is 9.97 Å². The summed E-state index contributed by atoms with van der Waals surface area (Å²) < 4.78 is 0. The lowest BCUT2D eigenvalue weighted by Crippen LogP contribution is -2.35. The summed E-state index contributed by atoms with van der Waals surface area (Å²) >= 11 is 0. The van der Waals surface area contributed by atoms with Gasteiger partial charge in [0.15, 0.2) is 0 Å². The summed E-state index contributed by atoms with van der Waals surface area (Å²) in [4.78, 5) is 9.01. The van der Waals surface area contributed by atoms with Crippen molar-refractivity contribution in [2.75, 3.05) is 0 Å². The highest BCUT2D eigenvalue weighted by atomic mass is 14.9. The zero-order chi connectivity index (χ0) is 10.1. The quantitative estimate of drug-likeness (QED) is 0.771. The van der Waals surface area contributed by atoms with Crippen LogP contribution in [0.3, 0.4) is 0 Å². The second kappa shape index (κ2) is 3.65. The molecule has 0 unspecified atom stereocenters. The van der Waals surface area contributed by atoms with Gasteiger partial charge in [0.1, 0.15) is 5.82 Å². The average molecular weight is 191 g/mol. The van der Waals surface area contributed by atoms with Crippen LogP contribution < -0.4 is 5.73 Å². The van der Waals surface area contributed by atoms with Crippen molar-refractivity contribution in [3.8, 4) is 0 Å². The van der Waals surface area contributed by atoms with Crippen molar-refractivity contribution in [1.82, 2.24) is 9.97 Å². The lowest BCUT2D eigenvalue weighted by atomic mass is 9.80. The van der Waals surface area contributed by atoms with E-state index in [0.717, 1.165) is 36.5 Å². The third kappa shape index (κ3) is 1.77. The molecule has 1 heterocycles. The van der Waals surface area contributed by atoms with Crippen molar-refractivity contribution in [2.24, 2.45) is 5.73 Å². The highest BCUT2D eigenvalue weighted by molar-refractivity contribution is 5.14. The van der Waals surface area contributed by atoms with Crippen LogP contribution in [0.5, 0.6) is 0 Å². The smallest absolute Gasteiger partial charge is 0.132 e. The van der Waals surface area contributed by atoms with Gasteiger partial charge in [-0.1, -0.05) is 6.92 Å². The molecule has 1 aliphatic carbocycles. The minimum absolute atomic E-state index is 0.370. The fraction of sp³-hybridized carbons (Fsp3) is 0.636. The maximum atomic E-state index is 5.76. The van der Waals surface area contributed by atoms with Crippen molar-refractivity contribution < 1.29 is 0 Å². The monoisotopic (exact) mass is 191 g/mol. The Kier molecular flexibility index (Phi) is 2.50. The first kappa shape index (κ1) is 9.59. The Morgan fingerprint density at radius 1 is 1.43 bits per heavy atom. The Morgan fingerprint density at radius 2 is 2.14 bits per heavy atom. The minimum atomic E-state index is 0.370. The van der Waals surface area contributed by atoms with E-state index < -0.39 is 0 Å². The van der Waals surface area contributed by atoms with Crippen LogP contribution in [-0.4, -0.2) is 16.0 Å². The van der Waals surface area contributed by atoms with Gasteiger partial charge in [0.05, 0.1) is 0 Å². The molecule has 0 bridgehead atoms. The fourth-order valence-corrected chi connectivity index (χ4v) is 1.89. The van der Waals surface area contributed by atoms with E-state index in [1.807, 2.05) is 6.92 Å². The molecular formula is C11H17N3. The van der Waals surface area contributed by atoms with Crippen molar-refractivity contribution >= 4 is 0 Å². The standard InChI is InChI=1S/C11H17N3/c1-3-10-4-7(2)13-11(14-10)8-5-9(12)6-8/h4,8-9H,3,5-6,12H2,1-2H3. The molecular weight excluding hydrogens is 174 g/mol. The number of aromatic nitrogens is 2. The number of hydrogen-bond acceptors (Lipinski definition) is 3. The Hall–Kier alpha value is -0.960. The van der Waals surface area contributed by atoms with Gasteiger partial charge in [-0.2, -0.15) is 0 Å². The number of nitrogens with two attached hydrogens (primary N) is 1. The predicted molar refractivity (Wildman–Crippen MR) is 56.1 cm³/mol. The number of nitrogens with zero attached hydrogens (tertiary/aromatic N) is 2. The van der Waals surface area contributed by atoms with Crippen molar-refractivity contribution in [2.45, 2.75) is 45.1 Å². The summed E-state index contributed by atoms with van der Waals surface area (Å²) in [5, 5.41) is 0. The molecule has 3 heteroatoms. The number of hydrogen-bond donors (Lipinski definition) is 1. The van der Waals surface area contributed by atoms with Crippen molar-refractivity contribution in [3.05, 3.63) is 23.3 Å². The lowest BCUT2D eigenvalue weighted by Gasteiger charge is -2.31. The first-order valence-corrected chi connectivity index (χ1v) is 5.29. The highest BCUT2D eigenvalue weighted by Gasteiger charge is 2.29. The van der Waals surface area contributed by atoms with Crippen LogP contribution in [-0.2, 0) is 6.42 Å². The molecule has 14 heavy (non-hydrogen) atoms. The molecule has 1 aliphatic rings. The van der Waals surface area contributed by atoms with Gasteiger partial charge in [0.25, 0.3) is 0 Å². The van der Waals surface area contributed by atoms with E-state index in [9.17, 15) is 0 Å². The highest BCUT2D eigenvalue weighted by Crippen LogP contribution is 2.33. The molecule has 3 nitrogen and oxygen atoms in total. The molecule has 0 atom stereocenters. The molecule has 1 saturated carbocycles. The second-order valence-electron chi connectivity index (χ2n) is 4.14.